The van der Waals surface area contributed by atoms with Gasteiger partial charge >= 0.3 is 0 Å². The molecule has 0 spiro atoms. The predicted molar refractivity (Wildman–Crippen MR) is 102 cm³/mol. The zero-order valence-electron chi connectivity index (χ0n) is 15.2. The fraction of sp³-hybridized carbons (Fsp3) is 0.652. The van der Waals surface area contributed by atoms with Crippen molar-refractivity contribution in [3.63, 3.8) is 0 Å². The molecule has 1 radical (unpaired) electrons. The van der Waals surface area contributed by atoms with Crippen LogP contribution in [0.15, 0.2) is 24.3 Å². The smallest absolute Gasteiger partial charge is 0.0245 e. The van der Waals surface area contributed by atoms with E-state index in [1.165, 1.54) is 83.5 Å². The first kappa shape index (κ1) is 19.8. The Morgan fingerprint density at radius 3 is 1.70 bits per heavy atom. The highest BCUT2D eigenvalue weighted by molar-refractivity contribution is 5.33. The van der Waals surface area contributed by atoms with E-state index in [9.17, 15) is 0 Å². The van der Waals surface area contributed by atoms with Gasteiger partial charge in [0.15, 0.2) is 0 Å². The van der Waals surface area contributed by atoms with E-state index in [2.05, 4.69) is 24.8 Å². The summed E-state index contributed by atoms with van der Waals surface area (Å²) in [5.74, 6) is 6.50. The lowest BCUT2D eigenvalue weighted by atomic mass is 10.0. The van der Waals surface area contributed by atoms with Gasteiger partial charge in [0.25, 0.3) is 0 Å². The second kappa shape index (κ2) is 15.7. The molecule has 0 unspecified atom stereocenters. The molecular weight excluding hydrogens is 276 g/mol. The molecule has 0 nitrogen and oxygen atoms in total. The fourth-order valence-corrected chi connectivity index (χ4v) is 2.87. The topological polar surface area (TPSA) is 0 Å². The molecule has 0 saturated heterocycles. The molecule has 0 atom stereocenters. The van der Waals surface area contributed by atoms with Crippen LogP contribution in [0.3, 0.4) is 0 Å². The lowest BCUT2D eigenvalue weighted by molar-refractivity contribution is 0.540. The number of benzene rings is 1. The van der Waals surface area contributed by atoms with Crippen molar-refractivity contribution < 1.29 is 0 Å². The number of unbranched alkanes of at least 4 members (excludes halogenated alkanes) is 13. The standard InChI is InChI=1S/C23H35/c1-2-3-4-5-6-7-8-9-10-11-12-13-14-15-17-20-23-21-18-16-19-22-23/h18-19,21-22H,2-15H2,1H3. The summed E-state index contributed by atoms with van der Waals surface area (Å²) in [5.41, 5.74) is 1.11. The average molecular weight is 312 g/mol. The maximum Gasteiger partial charge on any atom is 0.0245 e. The van der Waals surface area contributed by atoms with Gasteiger partial charge in [0.05, 0.1) is 0 Å². The van der Waals surface area contributed by atoms with Gasteiger partial charge in [-0.25, -0.2) is 0 Å². The van der Waals surface area contributed by atoms with Crippen molar-refractivity contribution in [3.8, 4) is 11.8 Å². The molecule has 0 aliphatic heterocycles. The summed E-state index contributed by atoms with van der Waals surface area (Å²) < 4.78 is 0. The molecule has 23 heavy (non-hydrogen) atoms. The first-order valence-corrected chi connectivity index (χ1v) is 9.88. The molecule has 1 aromatic rings. The molecular formula is C23H35. The molecule has 1 aromatic carbocycles. The van der Waals surface area contributed by atoms with Crippen LogP contribution in [0.4, 0.5) is 0 Å². The lowest BCUT2D eigenvalue weighted by Gasteiger charge is -2.02. The van der Waals surface area contributed by atoms with E-state index in [1.807, 2.05) is 24.3 Å². The van der Waals surface area contributed by atoms with Crippen LogP contribution in [0.1, 0.15) is 102 Å². The zero-order valence-corrected chi connectivity index (χ0v) is 15.2. The Hall–Kier alpha value is -1.22. The molecule has 0 aromatic heterocycles. The SMILES string of the molecule is CCCCCCCCCCCCCCCC#Cc1cc[c]cc1. The van der Waals surface area contributed by atoms with E-state index < -0.39 is 0 Å². The third kappa shape index (κ3) is 13.0. The van der Waals surface area contributed by atoms with Crippen molar-refractivity contribution in [2.45, 2.75) is 96.8 Å². The van der Waals surface area contributed by atoms with Crippen molar-refractivity contribution >= 4 is 0 Å². The van der Waals surface area contributed by atoms with Crippen molar-refractivity contribution in [2.24, 2.45) is 0 Å². The minimum absolute atomic E-state index is 1.04. The molecule has 0 bridgehead atoms. The van der Waals surface area contributed by atoms with Crippen molar-refractivity contribution in [1.29, 1.82) is 0 Å². The molecule has 0 N–H and O–H groups in total. The summed E-state index contributed by atoms with van der Waals surface area (Å²) >= 11 is 0. The van der Waals surface area contributed by atoms with Crippen molar-refractivity contribution in [2.75, 3.05) is 0 Å². The number of hydrogen-bond donors (Lipinski definition) is 0. The van der Waals surface area contributed by atoms with Crippen LogP contribution in [0.2, 0.25) is 0 Å². The Balaban J connectivity index is 1.79. The van der Waals surface area contributed by atoms with Gasteiger partial charge in [-0.05, 0) is 24.6 Å². The summed E-state index contributed by atoms with van der Waals surface area (Å²) in [6.45, 7) is 2.29. The minimum atomic E-state index is 1.04. The first-order chi connectivity index (χ1) is 11.4. The molecule has 0 fully saturated rings. The monoisotopic (exact) mass is 311 g/mol. The molecule has 0 aliphatic carbocycles. The van der Waals surface area contributed by atoms with E-state index in [0.29, 0.717) is 0 Å². The maximum absolute atomic E-state index is 3.28. The third-order valence-electron chi connectivity index (χ3n) is 4.36. The van der Waals surface area contributed by atoms with E-state index in [1.54, 1.807) is 0 Å². The molecule has 0 aliphatic rings. The van der Waals surface area contributed by atoms with Crippen LogP contribution >= 0.6 is 0 Å². The molecule has 0 saturated carbocycles. The highest BCUT2D eigenvalue weighted by atomic mass is 14.0. The molecule has 1 rings (SSSR count). The second-order valence-electron chi connectivity index (χ2n) is 6.58. The van der Waals surface area contributed by atoms with Gasteiger partial charge in [-0.3, -0.25) is 0 Å². The van der Waals surface area contributed by atoms with Gasteiger partial charge in [0.2, 0.25) is 0 Å². The lowest BCUT2D eigenvalue weighted by Crippen LogP contribution is -1.82. The summed E-state index contributed by atoms with van der Waals surface area (Å²) in [6, 6.07) is 10.9. The van der Waals surface area contributed by atoms with Gasteiger partial charge in [0.1, 0.15) is 0 Å². The second-order valence-corrected chi connectivity index (χ2v) is 6.58. The summed E-state index contributed by atoms with van der Waals surface area (Å²) in [7, 11) is 0. The third-order valence-corrected chi connectivity index (χ3v) is 4.36. The van der Waals surface area contributed by atoms with Gasteiger partial charge in [-0.1, -0.05) is 108 Å². The normalized spacial score (nSPS) is 10.3. The Labute approximate surface area is 145 Å². The zero-order chi connectivity index (χ0) is 16.4. The molecule has 0 heteroatoms. The van der Waals surface area contributed by atoms with Crippen LogP contribution in [0, 0.1) is 17.9 Å². The summed E-state index contributed by atoms with van der Waals surface area (Å²) in [4.78, 5) is 0. The van der Waals surface area contributed by atoms with Crippen LogP contribution in [0.25, 0.3) is 0 Å². The predicted octanol–water partition coefficient (Wildman–Crippen LogP) is 7.32. The van der Waals surface area contributed by atoms with Gasteiger partial charge < -0.3 is 0 Å². The fourth-order valence-electron chi connectivity index (χ4n) is 2.87. The van der Waals surface area contributed by atoms with Crippen LogP contribution < -0.4 is 0 Å². The van der Waals surface area contributed by atoms with Crippen LogP contribution in [-0.4, -0.2) is 0 Å². The first-order valence-electron chi connectivity index (χ1n) is 9.88. The highest BCUT2D eigenvalue weighted by Gasteiger charge is 1.93. The average Bonchev–Trinajstić information content (AvgIpc) is 2.59. The summed E-state index contributed by atoms with van der Waals surface area (Å²) in [6.07, 6.45) is 19.4. The van der Waals surface area contributed by atoms with Gasteiger partial charge in [-0.15, -0.1) is 0 Å². The van der Waals surface area contributed by atoms with Crippen LogP contribution in [-0.2, 0) is 0 Å². The molecule has 0 amide bonds. The van der Waals surface area contributed by atoms with E-state index in [-0.39, 0.29) is 0 Å². The summed E-state index contributed by atoms with van der Waals surface area (Å²) in [5, 5.41) is 0. The Bertz CT molecular complexity index is 407. The van der Waals surface area contributed by atoms with E-state index in [0.717, 1.165) is 12.0 Å². The molecule has 0 heterocycles. The number of hydrogen-bond acceptors (Lipinski definition) is 0. The Morgan fingerprint density at radius 1 is 0.696 bits per heavy atom. The molecule has 127 valence electrons. The van der Waals surface area contributed by atoms with E-state index >= 15 is 0 Å². The van der Waals surface area contributed by atoms with Crippen LogP contribution in [0.5, 0.6) is 0 Å². The van der Waals surface area contributed by atoms with Gasteiger partial charge in [-0.2, -0.15) is 0 Å². The Morgan fingerprint density at radius 2 is 1.17 bits per heavy atom. The van der Waals surface area contributed by atoms with E-state index in [4.69, 9.17) is 0 Å². The largest absolute Gasteiger partial charge is 0.0979 e. The minimum Gasteiger partial charge on any atom is -0.0979 e. The van der Waals surface area contributed by atoms with Crippen molar-refractivity contribution in [1.82, 2.24) is 0 Å². The quantitative estimate of drug-likeness (QED) is 0.264. The van der Waals surface area contributed by atoms with Gasteiger partial charge in [0, 0.05) is 12.0 Å². The highest BCUT2D eigenvalue weighted by Crippen LogP contribution is 2.12. The van der Waals surface area contributed by atoms with Crippen molar-refractivity contribution in [3.05, 3.63) is 35.9 Å². The number of rotatable bonds is 13. The Kier molecular flexibility index (Phi) is 13.5. The maximum atomic E-state index is 3.28.